The number of aliphatic hydroxyl groups is 1. The van der Waals surface area contributed by atoms with E-state index in [9.17, 15) is 13.2 Å². The molecular formula is C5H11ClF3NO. The first-order valence-corrected chi connectivity index (χ1v) is 2.90. The Morgan fingerprint density at radius 3 is 1.91 bits per heavy atom. The molecule has 0 rings (SSSR count). The van der Waals surface area contributed by atoms with Gasteiger partial charge >= 0.3 is 6.18 Å². The fraction of sp³-hybridized carbons (Fsp3) is 1.00. The van der Waals surface area contributed by atoms with Gasteiger partial charge in [0, 0.05) is 6.04 Å². The van der Waals surface area contributed by atoms with E-state index in [1.807, 2.05) is 0 Å². The van der Waals surface area contributed by atoms with Crippen LogP contribution in [0.3, 0.4) is 0 Å². The van der Waals surface area contributed by atoms with Gasteiger partial charge in [0.05, 0.1) is 0 Å². The minimum absolute atomic E-state index is 0. The minimum atomic E-state index is -4.59. The van der Waals surface area contributed by atoms with Crippen LogP contribution < -0.4 is 5.73 Å². The Balaban J connectivity index is 0. The van der Waals surface area contributed by atoms with Crippen LogP contribution in [-0.2, 0) is 0 Å². The maximum atomic E-state index is 11.6. The second-order valence-electron chi connectivity index (χ2n) is 2.06. The molecule has 0 aromatic carbocycles. The van der Waals surface area contributed by atoms with Gasteiger partial charge in [0.15, 0.2) is 6.10 Å². The van der Waals surface area contributed by atoms with Crippen molar-refractivity contribution in [2.45, 2.75) is 31.7 Å². The lowest BCUT2D eigenvalue weighted by Gasteiger charge is -2.19. The second kappa shape index (κ2) is 4.79. The van der Waals surface area contributed by atoms with E-state index >= 15 is 0 Å². The summed E-state index contributed by atoms with van der Waals surface area (Å²) in [6, 6.07) is -1.21. The van der Waals surface area contributed by atoms with Crippen LogP contribution in [0.25, 0.3) is 0 Å². The molecule has 0 heterocycles. The quantitative estimate of drug-likeness (QED) is 0.689. The molecule has 0 bridgehead atoms. The molecule has 2 nitrogen and oxygen atoms in total. The Bertz CT molecular complexity index is 108. The normalized spacial score (nSPS) is 16.9. The maximum absolute atomic E-state index is 11.6. The fourth-order valence-corrected chi connectivity index (χ4v) is 0.466. The summed E-state index contributed by atoms with van der Waals surface area (Å²) in [4.78, 5) is 0. The second-order valence-corrected chi connectivity index (χ2v) is 2.06. The summed E-state index contributed by atoms with van der Waals surface area (Å²) in [7, 11) is 0. The van der Waals surface area contributed by atoms with Crippen LogP contribution in [0, 0.1) is 0 Å². The van der Waals surface area contributed by atoms with E-state index in [1.165, 1.54) is 6.92 Å². The molecule has 70 valence electrons. The van der Waals surface area contributed by atoms with E-state index < -0.39 is 18.3 Å². The van der Waals surface area contributed by atoms with Crippen molar-refractivity contribution < 1.29 is 18.3 Å². The molecule has 0 aliphatic rings. The monoisotopic (exact) mass is 193 g/mol. The summed E-state index contributed by atoms with van der Waals surface area (Å²) in [5, 5.41) is 8.40. The van der Waals surface area contributed by atoms with E-state index in [0.29, 0.717) is 0 Å². The van der Waals surface area contributed by atoms with Crippen LogP contribution in [0.1, 0.15) is 13.3 Å². The lowest BCUT2D eigenvalue weighted by Crippen LogP contribution is -2.44. The summed E-state index contributed by atoms with van der Waals surface area (Å²) in [5.74, 6) is 0. The highest BCUT2D eigenvalue weighted by Gasteiger charge is 2.41. The average Bonchev–Trinajstić information content (AvgIpc) is 1.83. The van der Waals surface area contributed by atoms with Gasteiger partial charge in [-0.2, -0.15) is 13.2 Å². The number of alkyl halides is 3. The van der Waals surface area contributed by atoms with E-state index in [2.05, 4.69) is 0 Å². The van der Waals surface area contributed by atoms with Crippen LogP contribution in [0.5, 0.6) is 0 Å². The van der Waals surface area contributed by atoms with Crippen molar-refractivity contribution in [3.63, 3.8) is 0 Å². The number of hydrogen-bond acceptors (Lipinski definition) is 2. The van der Waals surface area contributed by atoms with Crippen molar-refractivity contribution in [3.05, 3.63) is 0 Å². The predicted molar refractivity (Wildman–Crippen MR) is 37.6 cm³/mol. The van der Waals surface area contributed by atoms with Crippen LogP contribution in [-0.4, -0.2) is 23.4 Å². The smallest absolute Gasteiger partial charge is 0.382 e. The van der Waals surface area contributed by atoms with Gasteiger partial charge in [-0.15, -0.1) is 12.4 Å². The Hall–Kier alpha value is -0.0000000000000000555. The molecule has 0 fully saturated rings. The highest BCUT2D eigenvalue weighted by atomic mass is 35.5. The zero-order chi connectivity index (χ0) is 8.36. The van der Waals surface area contributed by atoms with Crippen molar-refractivity contribution in [3.8, 4) is 0 Å². The van der Waals surface area contributed by atoms with Gasteiger partial charge in [0.2, 0.25) is 0 Å². The predicted octanol–water partition coefficient (Wildman–Crippen LogP) is 1.07. The number of aliphatic hydroxyl groups excluding tert-OH is 1. The zero-order valence-corrected chi connectivity index (χ0v) is 6.75. The maximum Gasteiger partial charge on any atom is 0.415 e. The van der Waals surface area contributed by atoms with Gasteiger partial charge in [-0.3, -0.25) is 0 Å². The van der Waals surface area contributed by atoms with Crippen molar-refractivity contribution in [1.82, 2.24) is 0 Å². The van der Waals surface area contributed by atoms with E-state index in [1.54, 1.807) is 0 Å². The van der Waals surface area contributed by atoms with Crippen molar-refractivity contribution >= 4 is 12.4 Å². The van der Waals surface area contributed by atoms with Crippen LogP contribution in [0.4, 0.5) is 13.2 Å². The first kappa shape index (κ1) is 13.6. The van der Waals surface area contributed by atoms with Gasteiger partial charge in [-0.25, -0.2) is 0 Å². The van der Waals surface area contributed by atoms with E-state index in [-0.39, 0.29) is 18.8 Å². The Kier molecular flexibility index (Phi) is 5.92. The van der Waals surface area contributed by atoms with E-state index in [0.717, 1.165) is 0 Å². The number of halogens is 4. The zero-order valence-electron chi connectivity index (χ0n) is 5.93. The third-order valence-electron chi connectivity index (χ3n) is 1.21. The molecule has 0 aromatic heterocycles. The highest BCUT2D eigenvalue weighted by molar-refractivity contribution is 5.85. The number of hydrogen-bond donors (Lipinski definition) is 2. The summed E-state index contributed by atoms with van der Waals surface area (Å²) >= 11 is 0. The Morgan fingerprint density at radius 2 is 1.82 bits per heavy atom. The molecule has 0 saturated carbocycles. The molecule has 2 atom stereocenters. The molecule has 0 radical (unpaired) electrons. The number of nitrogens with two attached hydrogens (primary N) is 1. The lowest BCUT2D eigenvalue weighted by molar-refractivity contribution is -0.209. The molecule has 0 saturated heterocycles. The van der Waals surface area contributed by atoms with Crippen LogP contribution in [0.2, 0.25) is 0 Å². The summed E-state index contributed by atoms with van der Waals surface area (Å²) < 4.78 is 34.7. The van der Waals surface area contributed by atoms with E-state index in [4.69, 9.17) is 10.8 Å². The van der Waals surface area contributed by atoms with Crippen molar-refractivity contribution in [2.75, 3.05) is 0 Å². The molecular weight excluding hydrogens is 183 g/mol. The van der Waals surface area contributed by atoms with Gasteiger partial charge in [0.1, 0.15) is 0 Å². The molecule has 0 aliphatic carbocycles. The lowest BCUT2D eigenvalue weighted by atomic mass is 10.1. The molecule has 0 spiro atoms. The third kappa shape index (κ3) is 4.44. The summed E-state index contributed by atoms with van der Waals surface area (Å²) in [6.07, 6.45) is -6.87. The SMILES string of the molecule is CCC(N)C(O)C(F)(F)F.Cl. The van der Waals surface area contributed by atoms with Gasteiger partial charge in [-0.05, 0) is 6.42 Å². The van der Waals surface area contributed by atoms with Gasteiger partial charge in [0.25, 0.3) is 0 Å². The van der Waals surface area contributed by atoms with Crippen molar-refractivity contribution in [1.29, 1.82) is 0 Å². The third-order valence-corrected chi connectivity index (χ3v) is 1.21. The standard InChI is InChI=1S/C5H10F3NO.ClH/c1-2-3(9)4(10)5(6,7)8;/h3-4,10H,2,9H2,1H3;1H. The Morgan fingerprint density at radius 1 is 1.45 bits per heavy atom. The number of rotatable bonds is 2. The molecule has 11 heavy (non-hydrogen) atoms. The highest BCUT2D eigenvalue weighted by Crippen LogP contribution is 2.22. The summed E-state index contributed by atoms with van der Waals surface area (Å²) in [5.41, 5.74) is 4.93. The Labute approximate surface area is 69.0 Å². The molecule has 6 heteroatoms. The molecule has 0 amide bonds. The van der Waals surface area contributed by atoms with Crippen LogP contribution >= 0.6 is 12.4 Å². The first-order chi connectivity index (χ1) is 4.39. The molecule has 0 aromatic rings. The summed E-state index contributed by atoms with van der Waals surface area (Å²) in [6.45, 7) is 1.49. The molecule has 3 N–H and O–H groups in total. The molecule has 0 aliphatic heterocycles. The average molecular weight is 194 g/mol. The van der Waals surface area contributed by atoms with Crippen LogP contribution in [0.15, 0.2) is 0 Å². The van der Waals surface area contributed by atoms with Crippen molar-refractivity contribution in [2.24, 2.45) is 5.73 Å². The fourth-order valence-electron chi connectivity index (χ4n) is 0.466. The van der Waals surface area contributed by atoms with Gasteiger partial charge in [-0.1, -0.05) is 6.92 Å². The van der Waals surface area contributed by atoms with Gasteiger partial charge < -0.3 is 10.8 Å². The molecule has 2 unspecified atom stereocenters. The minimum Gasteiger partial charge on any atom is -0.382 e. The largest absolute Gasteiger partial charge is 0.415 e. The first-order valence-electron chi connectivity index (χ1n) is 2.90. The topological polar surface area (TPSA) is 46.2 Å².